The minimum absolute atomic E-state index is 0.0225. The normalized spacial score (nSPS) is 12.0. The maximum absolute atomic E-state index is 14.1. The van der Waals surface area contributed by atoms with Gasteiger partial charge >= 0.3 is 6.18 Å². The molecule has 3 rings (SSSR count). The van der Waals surface area contributed by atoms with Crippen molar-refractivity contribution in [3.05, 3.63) is 89.0 Å². The van der Waals surface area contributed by atoms with Crippen molar-refractivity contribution in [3.8, 4) is 5.75 Å². The van der Waals surface area contributed by atoms with Crippen LogP contribution in [0.1, 0.15) is 35.1 Å². The predicted molar refractivity (Wildman–Crippen MR) is 118 cm³/mol. The van der Waals surface area contributed by atoms with Crippen molar-refractivity contribution < 1.29 is 26.7 Å². The Hall–Kier alpha value is -3.00. The number of phenolic OH excluding ortho intramolecular Hbond substituents is 1. The molecule has 3 aromatic rings. The Balaban J connectivity index is 1.91. The molecule has 0 saturated carbocycles. The molecule has 3 aromatic carbocycles. The number of unbranched alkanes of at least 4 members (excludes halogenated alkanes) is 1. The zero-order chi connectivity index (χ0) is 23.4. The number of nitrogens with one attached hydrogen (secondary N) is 1. The second kappa shape index (κ2) is 9.65. The Morgan fingerprint density at radius 2 is 1.50 bits per heavy atom. The summed E-state index contributed by atoms with van der Waals surface area (Å²) in [6.45, 7) is 1.55. The molecule has 0 aromatic heterocycles. The third-order valence-electron chi connectivity index (χ3n) is 5.22. The Labute approximate surface area is 185 Å². The summed E-state index contributed by atoms with van der Waals surface area (Å²) in [6, 6.07) is 17.5. The molecule has 0 atom stereocenters. The van der Waals surface area contributed by atoms with Crippen molar-refractivity contribution in [3.63, 3.8) is 0 Å². The van der Waals surface area contributed by atoms with E-state index in [0.29, 0.717) is 18.4 Å². The molecule has 170 valence electrons. The standard InChI is InChI=1S/C24H24F3NO3S/c1-17-15-16-22(32(30,31)28-20-13-7-8-14-21(20)29)23(24(25,26)27)19(17)12-6-5-11-18-9-3-2-4-10-18/h2-4,7-10,13-16,28-29H,5-6,11-12H2,1H3. The van der Waals surface area contributed by atoms with Gasteiger partial charge in [-0.25, -0.2) is 8.42 Å². The lowest BCUT2D eigenvalue weighted by Crippen LogP contribution is -2.21. The Morgan fingerprint density at radius 3 is 2.16 bits per heavy atom. The molecule has 0 bridgehead atoms. The van der Waals surface area contributed by atoms with Crippen molar-refractivity contribution in [2.75, 3.05) is 4.72 Å². The van der Waals surface area contributed by atoms with Crippen LogP contribution in [0.5, 0.6) is 5.75 Å². The third-order valence-corrected chi connectivity index (χ3v) is 6.62. The molecule has 0 saturated heterocycles. The van der Waals surface area contributed by atoms with Crippen LogP contribution in [-0.2, 0) is 29.0 Å². The molecule has 0 fully saturated rings. The molecule has 8 heteroatoms. The van der Waals surface area contributed by atoms with Gasteiger partial charge in [0.2, 0.25) is 0 Å². The van der Waals surface area contributed by atoms with Crippen molar-refractivity contribution in [2.45, 2.75) is 43.7 Å². The summed E-state index contributed by atoms with van der Waals surface area (Å²) in [5.41, 5.74) is 0.124. The van der Waals surface area contributed by atoms with Crippen LogP contribution in [0.15, 0.2) is 71.6 Å². The monoisotopic (exact) mass is 463 g/mol. The first-order valence-electron chi connectivity index (χ1n) is 10.1. The van der Waals surface area contributed by atoms with E-state index in [1.165, 1.54) is 30.3 Å². The summed E-state index contributed by atoms with van der Waals surface area (Å²) in [5.74, 6) is -0.377. The fraction of sp³-hybridized carbons (Fsp3) is 0.250. The van der Waals surface area contributed by atoms with Crippen molar-refractivity contribution in [1.82, 2.24) is 0 Å². The van der Waals surface area contributed by atoms with E-state index in [1.807, 2.05) is 30.3 Å². The lowest BCUT2D eigenvalue weighted by atomic mass is 9.95. The zero-order valence-corrected chi connectivity index (χ0v) is 18.3. The minimum atomic E-state index is -4.86. The number of aromatic hydroxyl groups is 1. The van der Waals surface area contributed by atoms with E-state index in [9.17, 15) is 26.7 Å². The van der Waals surface area contributed by atoms with E-state index in [-0.39, 0.29) is 23.4 Å². The topological polar surface area (TPSA) is 66.4 Å². The van der Waals surface area contributed by atoms with Crippen LogP contribution in [0.2, 0.25) is 0 Å². The summed E-state index contributed by atoms with van der Waals surface area (Å²) in [6.07, 6.45) is -2.87. The first kappa shape index (κ1) is 23.7. The molecule has 2 N–H and O–H groups in total. The number of halogens is 3. The van der Waals surface area contributed by atoms with E-state index in [4.69, 9.17) is 0 Å². The van der Waals surface area contributed by atoms with Gasteiger partial charge < -0.3 is 5.11 Å². The lowest BCUT2D eigenvalue weighted by Gasteiger charge is -2.20. The molecule has 4 nitrogen and oxygen atoms in total. The summed E-state index contributed by atoms with van der Waals surface area (Å²) in [4.78, 5) is -0.850. The van der Waals surface area contributed by atoms with E-state index in [1.54, 1.807) is 6.92 Å². The van der Waals surface area contributed by atoms with Gasteiger partial charge in [0, 0.05) is 0 Å². The largest absolute Gasteiger partial charge is 0.506 e. The van der Waals surface area contributed by atoms with Gasteiger partial charge in [-0.05, 0) is 67.5 Å². The van der Waals surface area contributed by atoms with E-state index < -0.39 is 26.7 Å². The minimum Gasteiger partial charge on any atom is -0.506 e. The molecule has 0 heterocycles. The number of hydrogen-bond donors (Lipinski definition) is 2. The molecule has 0 spiro atoms. The van der Waals surface area contributed by atoms with Gasteiger partial charge in [0.25, 0.3) is 10.0 Å². The van der Waals surface area contributed by atoms with Crippen LogP contribution in [0.3, 0.4) is 0 Å². The number of rotatable bonds is 8. The van der Waals surface area contributed by atoms with Gasteiger partial charge in [0.1, 0.15) is 5.75 Å². The van der Waals surface area contributed by atoms with Crippen molar-refractivity contribution in [1.29, 1.82) is 0 Å². The van der Waals surface area contributed by atoms with Gasteiger partial charge in [-0.3, -0.25) is 4.72 Å². The van der Waals surface area contributed by atoms with Crippen LogP contribution in [0, 0.1) is 6.92 Å². The number of alkyl halides is 3. The van der Waals surface area contributed by atoms with Crippen molar-refractivity contribution >= 4 is 15.7 Å². The first-order valence-corrected chi connectivity index (χ1v) is 11.6. The fourth-order valence-corrected chi connectivity index (χ4v) is 4.95. The molecule has 0 aliphatic rings. The summed E-state index contributed by atoms with van der Waals surface area (Å²) in [7, 11) is -4.59. The average molecular weight is 464 g/mol. The highest BCUT2D eigenvalue weighted by Crippen LogP contribution is 2.39. The van der Waals surface area contributed by atoms with Crippen LogP contribution >= 0.6 is 0 Å². The molecule has 32 heavy (non-hydrogen) atoms. The van der Waals surface area contributed by atoms with Crippen LogP contribution in [-0.4, -0.2) is 13.5 Å². The Morgan fingerprint density at radius 1 is 0.875 bits per heavy atom. The lowest BCUT2D eigenvalue weighted by molar-refractivity contribution is -0.140. The molecular weight excluding hydrogens is 439 g/mol. The van der Waals surface area contributed by atoms with E-state index in [2.05, 4.69) is 4.72 Å². The van der Waals surface area contributed by atoms with Gasteiger partial charge in [-0.1, -0.05) is 48.5 Å². The predicted octanol–water partition coefficient (Wildman–Crippen LogP) is 6.09. The summed E-state index contributed by atoms with van der Waals surface area (Å²) in [5, 5.41) is 9.84. The Bertz CT molecular complexity index is 1180. The Kier molecular flexibility index (Phi) is 7.13. The fourth-order valence-electron chi connectivity index (χ4n) is 3.62. The number of phenols is 1. The third kappa shape index (κ3) is 5.62. The number of benzene rings is 3. The highest BCUT2D eigenvalue weighted by molar-refractivity contribution is 7.92. The average Bonchev–Trinajstić information content (AvgIpc) is 2.73. The second-order valence-corrected chi connectivity index (χ2v) is 9.20. The SMILES string of the molecule is Cc1ccc(S(=O)(=O)Nc2ccccc2O)c(C(F)(F)F)c1CCCCc1ccccc1. The molecule has 0 unspecified atom stereocenters. The van der Waals surface area contributed by atoms with Gasteiger partial charge in [-0.15, -0.1) is 0 Å². The number of hydrogen-bond acceptors (Lipinski definition) is 3. The summed E-state index contributed by atoms with van der Waals surface area (Å²) >= 11 is 0. The number of sulfonamides is 1. The van der Waals surface area contributed by atoms with Crippen molar-refractivity contribution in [2.24, 2.45) is 0 Å². The number of anilines is 1. The van der Waals surface area contributed by atoms with Gasteiger partial charge in [0.15, 0.2) is 0 Å². The molecule has 0 aliphatic heterocycles. The molecule has 0 aliphatic carbocycles. The van der Waals surface area contributed by atoms with Crippen LogP contribution < -0.4 is 4.72 Å². The molecule has 0 radical (unpaired) electrons. The second-order valence-electron chi connectivity index (χ2n) is 7.55. The number of para-hydroxylation sites is 2. The highest BCUT2D eigenvalue weighted by Gasteiger charge is 2.40. The smallest absolute Gasteiger partial charge is 0.418 e. The van der Waals surface area contributed by atoms with Gasteiger partial charge in [-0.2, -0.15) is 13.2 Å². The number of aryl methyl sites for hydroxylation is 2. The maximum Gasteiger partial charge on any atom is 0.418 e. The van der Waals surface area contributed by atoms with E-state index in [0.717, 1.165) is 18.1 Å². The van der Waals surface area contributed by atoms with Crippen LogP contribution in [0.4, 0.5) is 18.9 Å². The maximum atomic E-state index is 14.1. The molecule has 0 amide bonds. The van der Waals surface area contributed by atoms with Crippen LogP contribution in [0.25, 0.3) is 0 Å². The first-order chi connectivity index (χ1) is 15.1. The zero-order valence-electron chi connectivity index (χ0n) is 17.5. The van der Waals surface area contributed by atoms with E-state index >= 15 is 0 Å². The summed E-state index contributed by atoms with van der Waals surface area (Å²) < 4.78 is 70.0. The van der Waals surface area contributed by atoms with Gasteiger partial charge in [0.05, 0.1) is 16.1 Å². The molecular formula is C24H24F3NO3S. The highest BCUT2D eigenvalue weighted by atomic mass is 32.2. The quantitative estimate of drug-likeness (QED) is 0.314.